The van der Waals surface area contributed by atoms with E-state index >= 15 is 0 Å². The van der Waals surface area contributed by atoms with Crippen molar-refractivity contribution in [2.45, 2.75) is 18.4 Å². The Kier molecular flexibility index (Phi) is 5.42. The van der Waals surface area contributed by atoms with Crippen LogP contribution in [-0.4, -0.2) is 41.6 Å². The molecule has 0 radical (unpaired) electrons. The third kappa shape index (κ3) is 4.39. The van der Waals surface area contributed by atoms with Gasteiger partial charge in [-0.25, -0.2) is 13.1 Å². The van der Waals surface area contributed by atoms with Gasteiger partial charge in [0.15, 0.2) is 0 Å². The molecule has 0 saturated carbocycles. The van der Waals surface area contributed by atoms with E-state index in [1.807, 2.05) is 18.2 Å². The number of hydrogen-bond acceptors (Lipinski definition) is 3. The summed E-state index contributed by atoms with van der Waals surface area (Å²) < 4.78 is 27.6. The van der Waals surface area contributed by atoms with Crippen LogP contribution in [0.15, 0.2) is 53.4 Å². The van der Waals surface area contributed by atoms with Crippen molar-refractivity contribution in [3.63, 3.8) is 0 Å². The van der Waals surface area contributed by atoms with E-state index in [2.05, 4.69) is 28.8 Å². The molecule has 1 aliphatic heterocycles. The zero-order valence-electron chi connectivity index (χ0n) is 14.8. The maximum atomic E-state index is 12.4. The first-order valence-corrected chi connectivity index (χ1v) is 10.1. The van der Waals surface area contributed by atoms with Crippen LogP contribution in [0.2, 0.25) is 0 Å². The molecule has 6 heteroatoms. The van der Waals surface area contributed by atoms with E-state index < -0.39 is 10.0 Å². The van der Waals surface area contributed by atoms with E-state index in [0.717, 1.165) is 37.3 Å². The highest BCUT2D eigenvalue weighted by Crippen LogP contribution is 2.17. The molecule has 0 bridgehead atoms. The number of hydrogen-bond donors (Lipinski definition) is 2. The Morgan fingerprint density at radius 1 is 1.04 bits per heavy atom. The predicted molar refractivity (Wildman–Crippen MR) is 100 cm³/mol. The number of aryl methyl sites for hydroxylation is 1. The molecule has 0 atom stereocenters. The first kappa shape index (κ1) is 17.9. The number of quaternary nitrogens is 1. The van der Waals surface area contributed by atoms with Gasteiger partial charge >= 0.3 is 0 Å². The molecule has 1 aliphatic rings. The van der Waals surface area contributed by atoms with Gasteiger partial charge in [-0.3, -0.25) is 0 Å². The molecule has 1 saturated heterocycles. The van der Waals surface area contributed by atoms with Crippen molar-refractivity contribution in [3.8, 4) is 0 Å². The van der Waals surface area contributed by atoms with Crippen LogP contribution in [-0.2, 0) is 16.6 Å². The number of anilines is 1. The van der Waals surface area contributed by atoms with E-state index in [0.29, 0.717) is 11.4 Å². The quantitative estimate of drug-likeness (QED) is 0.830. The van der Waals surface area contributed by atoms with Crippen molar-refractivity contribution in [1.82, 2.24) is 4.72 Å². The summed E-state index contributed by atoms with van der Waals surface area (Å²) in [6, 6.07) is 15.2. The second-order valence-corrected chi connectivity index (χ2v) is 8.44. The Morgan fingerprint density at radius 3 is 2.32 bits per heavy atom. The lowest BCUT2D eigenvalue weighted by molar-refractivity contribution is -0.880. The fraction of sp³-hybridized carbons (Fsp3) is 0.368. The maximum absolute atomic E-state index is 12.4. The Morgan fingerprint density at radius 2 is 1.68 bits per heavy atom. The van der Waals surface area contributed by atoms with Crippen molar-refractivity contribution in [2.75, 3.05) is 38.1 Å². The fourth-order valence-electron chi connectivity index (χ4n) is 3.09. The minimum Gasteiger partial charge on any atom is -0.360 e. The SMILES string of the molecule is Cc1ccccc1S(=O)(=O)NCc1ccc(N2CC[NH+](C)CC2)cc1. The van der Waals surface area contributed by atoms with Crippen molar-refractivity contribution in [3.05, 3.63) is 59.7 Å². The summed E-state index contributed by atoms with van der Waals surface area (Å²) in [6.45, 7) is 6.52. The van der Waals surface area contributed by atoms with Crippen LogP contribution in [0.3, 0.4) is 0 Å². The highest BCUT2D eigenvalue weighted by Gasteiger charge is 2.18. The molecular formula is C19H26N3O2S+. The third-order valence-electron chi connectivity index (χ3n) is 4.77. The first-order chi connectivity index (χ1) is 12.0. The first-order valence-electron chi connectivity index (χ1n) is 8.66. The Bertz CT molecular complexity index is 811. The number of nitrogens with one attached hydrogen (secondary N) is 2. The third-order valence-corrected chi connectivity index (χ3v) is 6.33. The average molecular weight is 361 g/mol. The molecule has 0 amide bonds. The largest absolute Gasteiger partial charge is 0.360 e. The molecule has 1 heterocycles. The van der Waals surface area contributed by atoms with Crippen LogP contribution < -0.4 is 14.5 Å². The van der Waals surface area contributed by atoms with Crippen molar-refractivity contribution in [2.24, 2.45) is 0 Å². The predicted octanol–water partition coefficient (Wildman–Crippen LogP) is 0.808. The number of rotatable bonds is 5. The summed E-state index contributed by atoms with van der Waals surface area (Å²) >= 11 is 0. The summed E-state index contributed by atoms with van der Waals surface area (Å²) in [5.41, 5.74) is 2.92. The number of nitrogens with zero attached hydrogens (tertiary/aromatic N) is 1. The molecule has 0 unspecified atom stereocenters. The van der Waals surface area contributed by atoms with E-state index in [1.165, 1.54) is 5.69 Å². The van der Waals surface area contributed by atoms with Gasteiger partial charge in [-0.05, 0) is 36.2 Å². The number of likely N-dealkylation sites (N-methyl/N-ethyl adjacent to an activating group) is 1. The van der Waals surface area contributed by atoms with Gasteiger partial charge < -0.3 is 9.80 Å². The van der Waals surface area contributed by atoms with Crippen LogP contribution in [0, 0.1) is 6.92 Å². The number of piperazine rings is 1. The maximum Gasteiger partial charge on any atom is 0.241 e. The van der Waals surface area contributed by atoms with Gasteiger partial charge in [0.25, 0.3) is 0 Å². The summed E-state index contributed by atoms with van der Waals surface area (Å²) in [5.74, 6) is 0. The van der Waals surface area contributed by atoms with E-state index in [4.69, 9.17) is 0 Å². The van der Waals surface area contributed by atoms with E-state index in [9.17, 15) is 8.42 Å². The zero-order chi connectivity index (χ0) is 17.9. The van der Waals surface area contributed by atoms with Gasteiger partial charge in [-0.1, -0.05) is 30.3 Å². The van der Waals surface area contributed by atoms with Gasteiger partial charge in [-0.15, -0.1) is 0 Å². The molecule has 0 spiro atoms. The molecule has 2 N–H and O–H groups in total. The minimum absolute atomic E-state index is 0.295. The van der Waals surface area contributed by atoms with Crippen LogP contribution in [0.1, 0.15) is 11.1 Å². The molecule has 134 valence electrons. The lowest BCUT2D eigenvalue weighted by Crippen LogP contribution is -3.12. The molecule has 0 aliphatic carbocycles. The fourth-order valence-corrected chi connectivity index (χ4v) is 4.35. The molecule has 2 aromatic rings. The highest BCUT2D eigenvalue weighted by molar-refractivity contribution is 7.89. The molecule has 0 aromatic heterocycles. The minimum atomic E-state index is -3.49. The van der Waals surface area contributed by atoms with Gasteiger partial charge in [0, 0.05) is 12.2 Å². The molecule has 1 fully saturated rings. The van der Waals surface area contributed by atoms with Gasteiger partial charge in [0.2, 0.25) is 10.0 Å². The average Bonchev–Trinajstić information content (AvgIpc) is 2.61. The summed E-state index contributed by atoms with van der Waals surface area (Å²) in [6.07, 6.45) is 0. The van der Waals surface area contributed by atoms with Crippen molar-refractivity contribution >= 4 is 15.7 Å². The standard InChI is InChI=1S/C19H25N3O2S/c1-16-5-3-4-6-19(16)25(23,24)20-15-17-7-9-18(10-8-17)22-13-11-21(2)12-14-22/h3-10,20H,11-15H2,1-2H3/p+1. The van der Waals surface area contributed by atoms with E-state index in [1.54, 1.807) is 30.0 Å². The van der Waals surface area contributed by atoms with Crippen LogP contribution in [0.5, 0.6) is 0 Å². The Labute approximate surface area is 150 Å². The molecule has 3 rings (SSSR count). The Balaban J connectivity index is 1.63. The highest BCUT2D eigenvalue weighted by atomic mass is 32.2. The summed E-state index contributed by atoms with van der Waals surface area (Å²) in [7, 11) is -1.27. The molecular weight excluding hydrogens is 334 g/mol. The summed E-state index contributed by atoms with van der Waals surface area (Å²) in [4.78, 5) is 4.29. The molecule has 2 aromatic carbocycles. The van der Waals surface area contributed by atoms with Gasteiger partial charge in [-0.2, -0.15) is 0 Å². The monoisotopic (exact) mass is 360 g/mol. The molecule has 5 nitrogen and oxygen atoms in total. The van der Waals surface area contributed by atoms with Crippen molar-refractivity contribution in [1.29, 1.82) is 0 Å². The zero-order valence-corrected chi connectivity index (χ0v) is 15.6. The topological polar surface area (TPSA) is 53.9 Å². The number of benzene rings is 2. The smallest absolute Gasteiger partial charge is 0.241 e. The second-order valence-electron chi connectivity index (χ2n) is 6.70. The normalized spacial score (nSPS) is 16.2. The summed E-state index contributed by atoms with van der Waals surface area (Å²) in [5, 5.41) is 0. The lowest BCUT2D eigenvalue weighted by atomic mass is 10.2. The van der Waals surface area contributed by atoms with Crippen molar-refractivity contribution < 1.29 is 13.3 Å². The van der Waals surface area contributed by atoms with E-state index in [-0.39, 0.29) is 0 Å². The van der Waals surface area contributed by atoms with Gasteiger partial charge in [0.1, 0.15) is 0 Å². The van der Waals surface area contributed by atoms with Crippen LogP contribution in [0.25, 0.3) is 0 Å². The lowest BCUT2D eigenvalue weighted by Gasteiger charge is -2.31. The van der Waals surface area contributed by atoms with Gasteiger partial charge in [0.05, 0.1) is 38.1 Å². The second kappa shape index (κ2) is 7.56. The number of sulfonamides is 1. The van der Waals surface area contributed by atoms with Crippen LogP contribution in [0.4, 0.5) is 5.69 Å². The molecule has 25 heavy (non-hydrogen) atoms. The Hall–Kier alpha value is -1.89. The van der Waals surface area contributed by atoms with Crippen LogP contribution >= 0.6 is 0 Å².